The zero-order chi connectivity index (χ0) is 13.6. The molecule has 0 saturated heterocycles. The van der Waals surface area contributed by atoms with Crippen LogP contribution in [0.4, 0.5) is 0 Å². The van der Waals surface area contributed by atoms with E-state index in [1.165, 1.54) is 6.92 Å². The first-order valence-electron chi connectivity index (χ1n) is 5.49. The van der Waals surface area contributed by atoms with Crippen LogP contribution in [-0.4, -0.2) is 49.4 Å². The third-order valence-electron chi connectivity index (χ3n) is 2.03. The van der Waals surface area contributed by atoms with Gasteiger partial charge in [-0.1, -0.05) is 0 Å². The van der Waals surface area contributed by atoms with E-state index in [1.54, 1.807) is 0 Å². The van der Waals surface area contributed by atoms with Crippen molar-refractivity contribution in [2.75, 3.05) is 26.4 Å². The Morgan fingerprint density at radius 2 is 1.94 bits per heavy atom. The van der Waals surface area contributed by atoms with E-state index in [-0.39, 0.29) is 12.2 Å². The summed E-state index contributed by atoms with van der Waals surface area (Å²) in [6.45, 7) is 3.78. The molecular weight excluding hydrogens is 244 g/mol. The molecule has 0 fully saturated rings. The van der Waals surface area contributed by atoms with Crippen LogP contribution in [-0.2, 0) is 28.5 Å². The molecule has 1 rings (SSSR count). The topological polar surface area (TPSA) is 91.3 Å². The van der Waals surface area contributed by atoms with Crippen LogP contribution in [0.1, 0.15) is 13.8 Å². The summed E-state index contributed by atoms with van der Waals surface area (Å²) in [6.07, 6.45) is 0.945. The first kappa shape index (κ1) is 14.6. The molecule has 1 atom stereocenters. The first-order chi connectivity index (χ1) is 8.47. The van der Waals surface area contributed by atoms with Gasteiger partial charge in [-0.2, -0.15) is 0 Å². The predicted octanol–water partition coefficient (Wildman–Crippen LogP) is -0.268. The van der Waals surface area contributed by atoms with E-state index < -0.39 is 24.5 Å². The van der Waals surface area contributed by atoms with Crippen molar-refractivity contribution in [3.05, 3.63) is 11.6 Å². The van der Waals surface area contributed by atoms with Crippen LogP contribution in [0, 0.1) is 0 Å². The summed E-state index contributed by atoms with van der Waals surface area (Å²) in [7, 11) is 0. The number of hydrogen-bond acceptors (Lipinski definition) is 7. The predicted molar refractivity (Wildman–Crippen MR) is 58.2 cm³/mol. The molecule has 1 unspecified atom stereocenters. The van der Waals surface area contributed by atoms with Crippen molar-refractivity contribution in [1.29, 1.82) is 0 Å². The van der Waals surface area contributed by atoms with Crippen LogP contribution in [0.25, 0.3) is 0 Å². The van der Waals surface area contributed by atoms with Gasteiger partial charge in [0, 0.05) is 18.3 Å². The molecule has 102 valence electrons. The molecule has 1 heterocycles. The molecule has 1 aliphatic heterocycles. The van der Waals surface area contributed by atoms with Gasteiger partial charge in [0.2, 0.25) is 0 Å². The molecular formula is C11H16O7. The molecule has 0 aliphatic carbocycles. The van der Waals surface area contributed by atoms with Gasteiger partial charge in [0.05, 0.1) is 13.2 Å². The molecule has 18 heavy (non-hydrogen) atoms. The van der Waals surface area contributed by atoms with Gasteiger partial charge in [0.15, 0.2) is 6.61 Å². The summed E-state index contributed by atoms with van der Waals surface area (Å²) in [5, 5.41) is 9.78. The van der Waals surface area contributed by atoms with Crippen molar-refractivity contribution in [3.63, 3.8) is 0 Å². The van der Waals surface area contributed by atoms with Crippen LogP contribution in [0.2, 0.25) is 0 Å². The van der Waals surface area contributed by atoms with Crippen LogP contribution < -0.4 is 0 Å². The van der Waals surface area contributed by atoms with Gasteiger partial charge >= 0.3 is 17.9 Å². The van der Waals surface area contributed by atoms with E-state index in [2.05, 4.69) is 9.47 Å². The number of cyclic esters (lactones) is 2. The van der Waals surface area contributed by atoms with E-state index in [4.69, 9.17) is 9.47 Å². The van der Waals surface area contributed by atoms with Crippen molar-refractivity contribution in [2.24, 2.45) is 0 Å². The average molecular weight is 260 g/mol. The molecule has 0 spiro atoms. The van der Waals surface area contributed by atoms with Gasteiger partial charge in [-0.15, -0.1) is 0 Å². The molecule has 0 saturated carbocycles. The third kappa shape index (κ3) is 4.44. The lowest BCUT2D eigenvalue weighted by Crippen LogP contribution is -2.43. The van der Waals surface area contributed by atoms with E-state index >= 15 is 0 Å². The zero-order valence-electron chi connectivity index (χ0n) is 10.3. The fourth-order valence-corrected chi connectivity index (χ4v) is 1.19. The summed E-state index contributed by atoms with van der Waals surface area (Å²) in [6, 6.07) is 0. The SMILES string of the molecule is CCOCCOCC1(O)OC(=O)C=C(C)C(=O)O1. The van der Waals surface area contributed by atoms with Crippen LogP contribution in [0.15, 0.2) is 11.6 Å². The number of ether oxygens (including phenoxy) is 4. The van der Waals surface area contributed by atoms with Gasteiger partial charge in [0.25, 0.3) is 0 Å². The quantitative estimate of drug-likeness (QED) is 0.519. The van der Waals surface area contributed by atoms with Gasteiger partial charge in [-0.25, -0.2) is 9.59 Å². The highest BCUT2D eigenvalue weighted by Crippen LogP contribution is 2.17. The highest BCUT2D eigenvalue weighted by molar-refractivity contribution is 5.97. The summed E-state index contributed by atoms with van der Waals surface area (Å²) >= 11 is 0. The summed E-state index contributed by atoms with van der Waals surface area (Å²) in [4.78, 5) is 22.6. The second-order valence-corrected chi connectivity index (χ2v) is 3.60. The molecule has 7 heteroatoms. The number of esters is 2. The van der Waals surface area contributed by atoms with Crippen molar-refractivity contribution < 1.29 is 33.6 Å². The van der Waals surface area contributed by atoms with Crippen LogP contribution >= 0.6 is 0 Å². The lowest BCUT2D eigenvalue weighted by Gasteiger charge is -2.24. The lowest BCUT2D eigenvalue weighted by molar-refractivity contribution is -0.337. The van der Waals surface area contributed by atoms with Crippen LogP contribution in [0.3, 0.4) is 0 Å². The minimum atomic E-state index is -2.39. The second-order valence-electron chi connectivity index (χ2n) is 3.60. The molecule has 0 bridgehead atoms. The van der Waals surface area contributed by atoms with E-state index in [1.807, 2.05) is 6.92 Å². The number of hydrogen-bond donors (Lipinski definition) is 1. The van der Waals surface area contributed by atoms with E-state index in [0.29, 0.717) is 13.2 Å². The standard InChI is InChI=1S/C11H16O7/c1-3-15-4-5-16-7-11(14)17-9(12)6-8(2)10(13)18-11/h6,14H,3-5,7H2,1-2H3. The highest BCUT2D eigenvalue weighted by atomic mass is 16.9. The van der Waals surface area contributed by atoms with Crippen molar-refractivity contribution in [2.45, 2.75) is 19.8 Å². The molecule has 0 amide bonds. The number of aliphatic hydroxyl groups is 1. The van der Waals surface area contributed by atoms with Gasteiger partial charge < -0.3 is 24.1 Å². The summed E-state index contributed by atoms with van der Waals surface area (Å²) in [5.41, 5.74) is 0.0465. The second kappa shape index (κ2) is 6.48. The molecule has 7 nitrogen and oxygen atoms in total. The fourth-order valence-electron chi connectivity index (χ4n) is 1.19. The summed E-state index contributed by atoms with van der Waals surface area (Å²) in [5.74, 6) is -4.10. The Morgan fingerprint density at radius 1 is 1.28 bits per heavy atom. The third-order valence-corrected chi connectivity index (χ3v) is 2.03. The maximum atomic E-state index is 11.3. The Balaban J connectivity index is 2.48. The van der Waals surface area contributed by atoms with E-state index in [9.17, 15) is 14.7 Å². The smallest absolute Gasteiger partial charge is 0.393 e. The van der Waals surface area contributed by atoms with Crippen molar-refractivity contribution in [1.82, 2.24) is 0 Å². The Labute approximate surface area is 104 Å². The zero-order valence-corrected chi connectivity index (χ0v) is 10.3. The highest BCUT2D eigenvalue weighted by Gasteiger charge is 2.39. The van der Waals surface area contributed by atoms with Crippen LogP contribution in [0.5, 0.6) is 0 Å². The Morgan fingerprint density at radius 3 is 2.61 bits per heavy atom. The number of rotatable bonds is 6. The number of carbonyl (C=O) groups is 2. The maximum Gasteiger partial charge on any atom is 0.398 e. The molecule has 0 radical (unpaired) electrons. The number of carbonyl (C=O) groups excluding carboxylic acids is 2. The molecule has 0 aromatic carbocycles. The fraction of sp³-hybridized carbons (Fsp3) is 0.636. The van der Waals surface area contributed by atoms with Crippen molar-refractivity contribution >= 4 is 11.9 Å². The Kier molecular flexibility index (Phi) is 5.26. The summed E-state index contributed by atoms with van der Waals surface area (Å²) < 4.78 is 19.2. The molecule has 0 aromatic heterocycles. The van der Waals surface area contributed by atoms with Gasteiger partial charge in [0.1, 0.15) is 0 Å². The normalized spacial score (nSPS) is 24.1. The molecule has 0 aromatic rings. The minimum absolute atomic E-state index is 0.0465. The van der Waals surface area contributed by atoms with Crippen molar-refractivity contribution in [3.8, 4) is 0 Å². The largest absolute Gasteiger partial charge is 0.398 e. The monoisotopic (exact) mass is 260 g/mol. The van der Waals surface area contributed by atoms with Gasteiger partial charge in [-0.05, 0) is 13.8 Å². The first-order valence-corrected chi connectivity index (χ1v) is 5.49. The molecule has 1 N–H and O–H groups in total. The Hall–Kier alpha value is -1.44. The minimum Gasteiger partial charge on any atom is -0.393 e. The maximum absolute atomic E-state index is 11.3. The molecule has 1 aliphatic rings. The van der Waals surface area contributed by atoms with Gasteiger partial charge in [-0.3, -0.25) is 0 Å². The Bertz CT molecular complexity index is 349. The van der Waals surface area contributed by atoms with E-state index in [0.717, 1.165) is 6.08 Å². The lowest BCUT2D eigenvalue weighted by atomic mass is 10.3. The average Bonchev–Trinajstić information content (AvgIpc) is 2.36.